The molecule has 0 spiro atoms. The Kier molecular flexibility index (Phi) is 6.15. The van der Waals surface area contributed by atoms with E-state index < -0.39 is 24.9 Å². The second-order valence-corrected chi connectivity index (χ2v) is 3.60. The number of carbonyl (C=O) groups excluding carboxylic acids is 1. The summed E-state index contributed by atoms with van der Waals surface area (Å²) in [4.78, 5) is 11.0. The van der Waals surface area contributed by atoms with Gasteiger partial charge in [-0.05, 0) is 13.8 Å². The van der Waals surface area contributed by atoms with E-state index in [1.807, 2.05) is 0 Å². The lowest BCUT2D eigenvalue weighted by Crippen LogP contribution is -2.34. The van der Waals surface area contributed by atoms with Gasteiger partial charge in [0.25, 0.3) is 0 Å². The zero-order valence-electron chi connectivity index (χ0n) is 9.51. The average molecular weight is 258 g/mol. The van der Waals surface area contributed by atoms with Gasteiger partial charge in [0, 0.05) is 0 Å². The summed E-state index contributed by atoms with van der Waals surface area (Å²) < 4.78 is 57.2. The lowest BCUT2D eigenvalue weighted by Gasteiger charge is -2.15. The Bertz CT molecular complexity index is 277. The van der Waals surface area contributed by atoms with Crippen molar-refractivity contribution < 1.29 is 31.8 Å². The van der Waals surface area contributed by atoms with E-state index in [2.05, 4.69) is 11.3 Å². The fraction of sp³-hybridized carbons (Fsp3) is 0.700. The second-order valence-electron chi connectivity index (χ2n) is 3.60. The zero-order chi connectivity index (χ0) is 13.6. The molecule has 0 unspecified atom stereocenters. The third-order valence-electron chi connectivity index (χ3n) is 1.59. The predicted molar refractivity (Wildman–Crippen MR) is 52.1 cm³/mol. The summed E-state index contributed by atoms with van der Waals surface area (Å²) in [7, 11) is 0. The van der Waals surface area contributed by atoms with Crippen LogP contribution in [-0.4, -0.2) is 37.6 Å². The fourth-order valence-corrected chi connectivity index (χ4v) is 0.653. The van der Waals surface area contributed by atoms with E-state index in [1.165, 1.54) is 0 Å². The number of hydrogen-bond acceptors (Lipinski definition) is 3. The van der Waals surface area contributed by atoms with Crippen LogP contribution in [0.15, 0.2) is 12.2 Å². The molecule has 0 aliphatic rings. The number of carbonyl (C=O) groups is 1. The van der Waals surface area contributed by atoms with Crippen molar-refractivity contribution in [3.8, 4) is 0 Å². The number of ether oxygens (including phenoxy) is 2. The summed E-state index contributed by atoms with van der Waals surface area (Å²) >= 11 is 0. The average Bonchev–Trinajstić information content (AvgIpc) is 2.22. The first kappa shape index (κ1) is 15.9. The number of esters is 1. The molecule has 0 fully saturated rings. The largest absolute Gasteiger partial charge is 0.456 e. The van der Waals surface area contributed by atoms with Gasteiger partial charge in [0.1, 0.15) is 0 Å². The maximum atomic E-state index is 12.4. The molecule has 0 bridgehead atoms. The normalized spacial score (nSPS) is 12.0. The van der Waals surface area contributed by atoms with E-state index >= 15 is 0 Å². The van der Waals surface area contributed by atoms with Gasteiger partial charge in [-0.15, -0.1) is 0 Å². The van der Waals surface area contributed by atoms with Crippen LogP contribution in [-0.2, 0) is 14.3 Å². The molecular formula is C10H14F4O3. The van der Waals surface area contributed by atoms with Crippen LogP contribution < -0.4 is 0 Å². The first-order valence-corrected chi connectivity index (χ1v) is 4.79. The third-order valence-corrected chi connectivity index (χ3v) is 1.59. The molecule has 0 rings (SSSR count). The van der Waals surface area contributed by atoms with Gasteiger partial charge in [-0.1, -0.05) is 6.58 Å². The molecule has 0 aliphatic carbocycles. The van der Waals surface area contributed by atoms with Crippen molar-refractivity contribution >= 4 is 5.97 Å². The zero-order valence-corrected chi connectivity index (χ0v) is 9.51. The van der Waals surface area contributed by atoms with Gasteiger partial charge < -0.3 is 9.47 Å². The highest BCUT2D eigenvalue weighted by Gasteiger charge is 2.42. The quantitative estimate of drug-likeness (QED) is 0.399. The van der Waals surface area contributed by atoms with Crippen LogP contribution in [0, 0.1) is 0 Å². The molecule has 0 aliphatic heterocycles. The van der Waals surface area contributed by atoms with Crippen LogP contribution in [0.5, 0.6) is 0 Å². The summed E-state index contributed by atoms with van der Waals surface area (Å²) in [6.45, 7) is 4.76. The van der Waals surface area contributed by atoms with Crippen LogP contribution >= 0.6 is 0 Å². The monoisotopic (exact) mass is 258 g/mol. The van der Waals surface area contributed by atoms with Crippen LogP contribution in [0.3, 0.4) is 0 Å². The predicted octanol–water partition coefficient (Wildman–Crippen LogP) is 2.41. The molecule has 0 aromatic carbocycles. The van der Waals surface area contributed by atoms with Gasteiger partial charge >= 0.3 is 18.3 Å². The molecule has 0 saturated heterocycles. The summed E-state index contributed by atoms with van der Waals surface area (Å²) in [5.41, 5.74) is -0.205. The van der Waals surface area contributed by atoms with E-state index in [1.54, 1.807) is 13.8 Å². The molecule has 17 heavy (non-hydrogen) atoms. The molecule has 3 nitrogen and oxygen atoms in total. The molecule has 7 heteroatoms. The van der Waals surface area contributed by atoms with Gasteiger partial charge in [-0.2, -0.15) is 8.78 Å². The Morgan fingerprint density at radius 3 is 2.29 bits per heavy atom. The lowest BCUT2D eigenvalue weighted by atomic mass is 10.3. The highest BCUT2D eigenvalue weighted by Crippen LogP contribution is 2.23. The smallest absolute Gasteiger partial charge is 0.340 e. The van der Waals surface area contributed by atoms with E-state index in [9.17, 15) is 22.4 Å². The summed E-state index contributed by atoms with van der Waals surface area (Å²) in [5, 5.41) is 0. The van der Waals surface area contributed by atoms with Crippen molar-refractivity contribution in [3.63, 3.8) is 0 Å². The SMILES string of the molecule is C=C(COC(C)C)C(=O)OCC(F)(F)C(F)F. The molecule has 100 valence electrons. The highest BCUT2D eigenvalue weighted by atomic mass is 19.3. The van der Waals surface area contributed by atoms with Crippen LogP contribution in [0.25, 0.3) is 0 Å². The minimum Gasteiger partial charge on any atom is -0.456 e. The van der Waals surface area contributed by atoms with E-state index in [4.69, 9.17) is 4.74 Å². The molecule has 0 atom stereocenters. The van der Waals surface area contributed by atoms with E-state index in [0.29, 0.717) is 0 Å². The molecule has 0 heterocycles. The van der Waals surface area contributed by atoms with Gasteiger partial charge in [-0.3, -0.25) is 0 Å². The standard InChI is InChI=1S/C10H14F4O3/c1-6(2)16-4-7(3)8(15)17-5-10(13,14)9(11)12/h6,9H,3-5H2,1-2H3. The number of alkyl halides is 4. The minimum absolute atomic E-state index is 0.179. The number of halogens is 4. The molecule has 0 radical (unpaired) electrons. The summed E-state index contributed by atoms with van der Waals surface area (Å²) in [6.07, 6.45) is -4.06. The van der Waals surface area contributed by atoms with E-state index in [-0.39, 0.29) is 18.3 Å². The lowest BCUT2D eigenvalue weighted by molar-refractivity contribution is -0.177. The van der Waals surface area contributed by atoms with Crippen LogP contribution in [0.1, 0.15) is 13.8 Å². The van der Waals surface area contributed by atoms with Crippen LogP contribution in [0.4, 0.5) is 17.6 Å². The van der Waals surface area contributed by atoms with Gasteiger partial charge in [0.15, 0.2) is 6.61 Å². The highest BCUT2D eigenvalue weighted by molar-refractivity contribution is 5.87. The van der Waals surface area contributed by atoms with Crippen molar-refractivity contribution in [3.05, 3.63) is 12.2 Å². The topological polar surface area (TPSA) is 35.5 Å². The molecular weight excluding hydrogens is 244 g/mol. The number of hydrogen-bond donors (Lipinski definition) is 0. The Balaban J connectivity index is 4.06. The third kappa shape index (κ3) is 6.25. The fourth-order valence-electron chi connectivity index (χ4n) is 0.653. The van der Waals surface area contributed by atoms with Crippen molar-refractivity contribution in [2.24, 2.45) is 0 Å². The maximum absolute atomic E-state index is 12.4. The molecule has 0 aromatic rings. The van der Waals surface area contributed by atoms with Crippen LogP contribution in [0.2, 0.25) is 0 Å². The first-order chi connectivity index (χ1) is 7.66. The van der Waals surface area contributed by atoms with Crippen molar-refractivity contribution in [1.82, 2.24) is 0 Å². The summed E-state index contributed by atoms with van der Waals surface area (Å²) in [5.74, 6) is -5.53. The van der Waals surface area contributed by atoms with Gasteiger partial charge in [-0.25, -0.2) is 13.6 Å². The van der Waals surface area contributed by atoms with Crippen molar-refractivity contribution in [2.45, 2.75) is 32.3 Å². The molecule has 0 saturated carbocycles. The Labute approximate surface area is 96.4 Å². The first-order valence-electron chi connectivity index (χ1n) is 4.79. The molecule has 0 N–H and O–H groups in total. The number of rotatable bonds is 7. The Hall–Kier alpha value is -1.11. The van der Waals surface area contributed by atoms with E-state index in [0.717, 1.165) is 0 Å². The van der Waals surface area contributed by atoms with Gasteiger partial charge in [0.2, 0.25) is 0 Å². The van der Waals surface area contributed by atoms with Gasteiger partial charge in [0.05, 0.1) is 18.3 Å². The molecule has 0 aromatic heterocycles. The maximum Gasteiger partial charge on any atom is 0.340 e. The second kappa shape index (κ2) is 6.58. The Morgan fingerprint density at radius 1 is 1.35 bits per heavy atom. The minimum atomic E-state index is -4.35. The Morgan fingerprint density at radius 2 is 1.88 bits per heavy atom. The van der Waals surface area contributed by atoms with Crippen molar-refractivity contribution in [2.75, 3.05) is 13.2 Å². The van der Waals surface area contributed by atoms with Crippen molar-refractivity contribution in [1.29, 1.82) is 0 Å². The summed E-state index contributed by atoms with van der Waals surface area (Å²) in [6, 6.07) is 0. The molecule has 0 amide bonds.